The first-order valence-corrected chi connectivity index (χ1v) is 6.94. The maximum absolute atomic E-state index is 12.1. The summed E-state index contributed by atoms with van der Waals surface area (Å²) in [6.07, 6.45) is 1.55. The smallest absolute Gasteiger partial charge is 0.281 e. The standard InChI is InChI=1S/C12H10BrN5O5/c1-6-9(17(20)21)3-7(4-10(6)18(22)23)14-12(19)11-8(13)5-16(2)15-11/h3-5H,1-2H3,(H,14,19). The van der Waals surface area contributed by atoms with Gasteiger partial charge in [-0.2, -0.15) is 5.10 Å². The van der Waals surface area contributed by atoms with Gasteiger partial charge in [-0.3, -0.25) is 29.7 Å². The van der Waals surface area contributed by atoms with Crippen LogP contribution >= 0.6 is 15.9 Å². The van der Waals surface area contributed by atoms with Crippen molar-refractivity contribution in [3.63, 3.8) is 0 Å². The number of halogens is 1. The minimum Gasteiger partial charge on any atom is -0.320 e. The van der Waals surface area contributed by atoms with Crippen molar-refractivity contribution < 1.29 is 14.6 Å². The van der Waals surface area contributed by atoms with Crippen molar-refractivity contribution >= 4 is 38.9 Å². The number of carbonyl (C=O) groups excluding carboxylic acids is 1. The lowest BCUT2D eigenvalue weighted by molar-refractivity contribution is -0.395. The zero-order valence-corrected chi connectivity index (χ0v) is 13.5. The average molecular weight is 384 g/mol. The van der Waals surface area contributed by atoms with Crippen LogP contribution in [0.1, 0.15) is 16.1 Å². The number of aryl methyl sites for hydroxylation is 1. The minimum absolute atomic E-state index is 0.0541. The van der Waals surface area contributed by atoms with Crippen LogP contribution in [-0.2, 0) is 7.05 Å². The van der Waals surface area contributed by atoms with Gasteiger partial charge in [0, 0.05) is 25.4 Å². The summed E-state index contributed by atoms with van der Waals surface area (Å²) in [5.41, 5.74) is -0.990. The Morgan fingerprint density at radius 2 is 1.78 bits per heavy atom. The summed E-state index contributed by atoms with van der Waals surface area (Å²) in [6.45, 7) is 1.28. The van der Waals surface area contributed by atoms with E-state index >= 15 is 0 Å². The summed E-state index contributed by atoms with van der Waals surface area (Å²) in [5, 5.41) is 28.3. The van der Waals surface area contributed by atoms with E-state index in [1.165, 1.54) is 11.6 Å². The highest BCUT2D eigenvalue weighted by atomic mass is 79.9. The van der Waals surface area contributed by atoms with Crippen molar-refractivity contribution in [2.45, 2.75) is 6.92 Å². The summed E-state index contributed by atoms with van der Waals surface area (Å²) in [5.74, 6) is -0.648. The molecule has 10 nitrogen and oxygen atoms in total. The molecule has 23 heavy (non-hydrogen) atoms. The molecule has 1 aromatic heterocycles. The molecule has 1 amide bonds. The second kappa shape index (κ2) is 6.12. The zero-order valence-electron chi connectivity index (χ0n) is 11.9. The Morgan fingerprint density at radius 1 is 1.26 bits per heavy atom. The van der Waals surface area contributed by atoms with Crippen molar-refractivity contribution in [1.82, 2.24) is 9.78 Å². The van der Waals surface area contributed by atoms with Gasteiger partial charge in [0.05, 0.1) is 20.0 Å². The molecule has 0 spiro atoms. The molecule has 0 unspecified atom stereocenters. The Bertz CT molecular complexity index is 796. The van der Waals surface area contributed by atoms with Gasteiger partial charge in [0.1, 0.15) is 5.56 Å². The van der Waals surface area contributed by atoms with Gasteiger partial charge in [-0.25, -0.2) is 0 Å². The van der Waals surface area contributed by atoms with Gasteiger partial charge in [-0.05, 0) is 22.9 Å². The Hall–Kier alpha value is -2.82. The van der Waals surface area contributed by atoms with Crippen molar-refractivity contribution in [3.8, 4) is 0 Å². The molecule has 2 rings (SSSR count). The molecule has 0 aliphatic rings. The molecule has 0 fully saturated rings. The fourth-order valence-corrected chi connectivity index (χ4v) is 2.49. The van der Waals surface area contributed by atoms with Crippen LogP contribution < -0.4 is 5.32 Å². The Labute approximate surface area is 137 Å². The normalized spacial score (nSPS) is 10.4. The molecule has 120 valence electrons. The van der Waals surface area contributed by atoms with Crippen molar-refractivity contribution in [1.29, 1.82) is 0 Å². The molecule has 0 bridgehead atoms. The second-order valence-electron chi connectivity index (χ2n) is 4.61. The number of nitrogens with one attached hydrogen (secondary N) is 1. The molecule has 0 aliphatic heterocycles. The topological polar surface area (TPSA) is 133 Å². The lowest BCUT2D eigenvalue weighted by atomic mass is 10.1. The predicted octanol–water partition coefficient (Wildman–Crippen LogP) is 2.56. The summed E-state index contributed by atoms with van der Waals surface area (Å²) in [6, 6.07) is 2.13. The Balaban J connectivity index is 2.43. The number of amides is 1. The zero-order chi connectivity index (χ0) is 17.3. The van der Waals surface area contributed by atoms with E-state index in [0.29, 0.717) is 4.47 Å². The molecular formula is C12H10BrN5O5. The maximum atomic E-state index is 12.1. The number of rotatable bonds is 4. The van der Waals surface area contributed by atoms with Gasteiger partial charge in [0.2, 0.25) is 0 Å². The molecular weight excluding hydrogens is 374 g/mol. The van der Waals surface area contributed by atoms with Gasteiger partial charge >= 0.3 is 0 Å². The summed E-state index contributed by atoms with van der Waals surface area (Å²) < 4.78 is 1.83. The van der Waals surface area contributed by atoms with Gasteiger partial charge in [-0.15, -0.1) is 0 Å². The van der Waals surface area contributed by atoms with E-state index in [-0.39, 0.29) is 16.9 Å². The van der Waals surface area contributed by atoms with Crippen LogP contribution in [0.15, 0.2) is 22.8 Å². The maximum Gasteiger partial charge on any atom is 0.281 e. The second-order valence-corrected chi connectivity index (χ2v) is 5.46. The number of nitro groups is 2. The van der Waals surface area contributed by atoms with E-state index < -0.39 is 27.1 Å². The summed E-state index contributed by atoms with van der Waals surface area (Å²) in [4.78, 5) is 32.7. The SMILES string of the molecule is Cc1c([N+](=O)[O-])cc(NC(=O)c2nn(C)cc2Br)cc1[N+](=O)[O-]. The quantitative estimate of drug-likeness (QED) is 0.636. The van der Waals surface area contributed by atoms with E-state index in [1.54, 1.807) is 13.2 Å². The third-order valence-electron chi connectivity index (χ3n) is 3.00. The molecule has 2 aromatic rings. The van der Waals surface area contributed by atoms with Gasteiger partial charge < -0.3 is 5.32 Å². The number of nitrogens with zero attached hydrogens (tertiary/aromatic N) is 4. The van der Waals surface area contributed by atoms with Gasteiger partial charge in [-0.1, -0.05) is 0 Å². The highest BCUT2D eigenvalue weighted by Gasteiger charge is 2.24. The first-order chi connectivity index (χ1) is 10.7. The lowest BCUT2D eigenvalue weighted by Crippen LogP contribution is -2.14. The van der Waals surface area contributed by atoms with E-state index in [1.807, 2.05) is 0 Å². The van der Waals surface area contributed by atoms with Crippen molar-refractivity contribution in [2.24, 2.45) is 7.05 Å². The number of anilines is 1. The number of hydrogen-bond acceptors (Lipinski definition) is 6. The number of nitro benzene ring substituents is 2. The first kappa shape index (κ1) is 16.5. The van der Waals surface area contributed by atoms with Crippen molar-refractivity contribution in [2.75, 3.05) is 5.32 Å². The monoisotopic (exact) mass is 383 g/mol. The summed E-state index contributed by atoms with van der Waals surface area (Å²) in [7, 11) is 1.61. The molecule has 0 atom stereocenters. The van der Waals surface area contributed by atoms with Crippen LogP contribution in [0.5, 0.6) is 0 Å². The average Bonchev–Trinajstić information content (AvgIpc) is 2.78. The molecule has 1 heterocycles. The van der Waals surface area contributed by atoms with Crippen molar-refractivity contribution in [3.05, 3.63) is 54.3 Å². The molecule has 1 N–H and O–H groups in total. The van der Waals surface area contributed by atoms with Gasteiger partial charge in [0.15, 0.2) is 5.69 Å². The molecule has 0 saturated carbocycles. The summed E-state index contributed by atoms with van der Waals surface area (Å²) >= 11 is 3.16. The van der Waals surface area contributed by atoms with Crippen LogP contribution in [0.3, 0.4) is 0 Å². The number of carbonyl (C=O) groups is 1. The fraction of sp³-hybridized carbons (Fsp3) is 0.167. The first-order valence-electron chi connectivity index (χ1n) is 6.14. The van der Waals surface area contributed by atoms with E-state index in [2.05, 4.69) is 26.3 Å². The Morgan fingerprint density at radius 3 is 2.17 bits per heavy atom. The van der Waals surface area contributed by atoms with Gasteiger partial charge in [0.25, 0.3) is 17.3 Å². The number of benzene rings is 1. The predicted molar refractivity (Wildman–Crippen MR) is 83.3 cm³/mol. The third kappa shape index (κ3) is 3.34. The van der Waals surface area contributed by atoms with Crippen LogP contribution in [0.25, 0.3) is 0 Å². The van der Waals surface area contributed by atoms with E-state index in [4.69, 9.17) is 0 Å². The highest BCUT2D eigenvalue weighted by molar-refractivity contribution is 9.10. The van der Waals surface area contributed by atoms with Crippen LogP contribution in [-0.4, -0.2) is 25.5 Å². The molecule has 1 aromatic carbocycles. The highest BCUT2D eigenvalue weighted by Crippen LogP contribution is 2.32. The molecule has 0 saturated heterocycles. The minimum atomic E-state index is -0.741. The third-order valence-corrected chi connectivity index (χ3v) is 3.58. The van der Waals surface area contributed by atoms with E-state index in [9.17, 15) is 25.0 Å². The molecule has 11 heteroatoms. The molecule has 0 aliphatic carbocycles. The Kier molecular flexibility index (Phi) is 4.40. The number of aromatic nitrogens is 2. The van der Waals surface area contributed by atoms with Crippen LogP contribution in [0.2, 0.25) is 0 Å². The molecule has 0 radical (unpaired) electrons. The number of hydrogen-bond donors (Lipinski definition) is 1. The van der Waals surface area contributed by atoms with E-state index in [0.717, 1.165) is 12.1 Å². The fourth-order valence-electron chi connectivity index (χ4n) is 1.94. The van der Waals surface area contributed by atoms with Crippen LogP contribution in [0.4, 0.5) is 17.1 Å². The lowest BCUT2D eigenvalue weighted by Gasteiger charge is -2.06. The largest absolute Gasteiger partial charge is 0.320 e. The van der Waals surface area contributed by atoms with Crippen LogP contribution in [0, 0.1) is 27.2 Å².